The molecule has 0 amide bonds. The summed E-state index contributed by atoms with van der Waals surface area (Å²) in [5.41, 5.74) is 0. The molecule has 0 aromatic carbocycles. The lowest BCUT2D eigenvalue weighted by atomic mass is 10.0. The maximum Gasteiger partial charge on any atom is 0.308 e. The highest BCUT2D eigenvalue weighted by Crippen LogP contribution is 2.45. The van der Waals surface area contributed by atoms with E-state index in [0.717, 1.165) is 0 Å². The van der Waals surface area contributed by atoms with Gasteiger partial charge in [-0.05, 0) is 51.4 Å². The molecule has 2 aliphatic heterocycles. The highest BCUT2D eigenvalue weighted by atomic mass is 16.8. The summed E-state index contributed by atoms with van der Waals surface area (Å²) in [6.45, 7) is 11.4. The predicted molar refractivity (Wildman–Crippen MR) is 214 cm³/mol. The van der Waals surface area contributed by atoms with Gasteiger partial charge in [0.05, 0.1) is 0 Å². The van der Waals surface area contributed by atoms with E-state index >= 15 is 0 Å². The molecule has 2 saturated heterocycles. The minimum Gasteiger partial charge on any atom is -0.463 e. The first-order chi connectivity index (χ1) is 29.6. The summed E-state index contributed by atoms with van der Waals surface area (Å²) in [7, 11) is 0. The number of carbonyl (C=O) groups excluding carboxylic acids is 8. The fraction of sp³-hybridized carbons (Fsp3) is 0.814. The molecule has 2 fully saturated rings. The number of carbonyl (C=O) groups is 8. The minimum absolute atomic E-state index is 0.0100. The van der Waals surface area contributed by atoms with Crippen molar-refractivity contribution in [3.63, 3.8) is 0 Å². The lowest BCUT2D eigenvalue weighted by Gasteiger charge is -2.38. The zero-order chi connectivity index (χ0) is 46.3. The van der Waals surface area contributed by atoms with Gasteiger partial charge >= 0.3 is 47.8 Å². The van der Waals surface area contributed by atoms with Crippen LogP contribution in [0.25, 0.3) is 0 Å². The molecule has 0 aromatic rings. The molecule has 8 atom stereocenters. The monoisotopic (exact) mass is 888 g/mol. The van der Waals surface area contributed by atoms with E-state index in [-0.39, 0.29) is 51.4 Å². The number of rotatable bonds is 29. The molecule has 62 heavy (non-hydrogen) atoms. The molecule has 0 aromatic heterocycles. The van der Waals surface area contributed by atoms with E-state index < -0.39 is 116 Å². The molecule has 0 aliphatic carbocycles. The van der Waals surface area contributed by atoms with Gasteiger partial charge in [0, 0.05) is 51.4 Å². The third-order valence-corrected chi connectivity index (χ3v) is 9.33. The Kier molecular flexibility index (Phi) is 24.0. The van der Waals surface area contributed by atoms with Gasteiger partial charge in [-0.15, -0.1) is 0 Å². The van der Waals surface area contributed by atoms with Gasteiger partial charge < -0.3 is 47.4 Å². The molecule has 2 rings (SSSR count). The summed E-state index contributed by atoms with van der Waals surface area (Å²) in [5, 5.41) is 0. The van der Waals surface area contributed by atoms with Gasteiger partial charge in [0.15, 0.2) is 12.7 Å². The molecule has 354 valence electrons. The summed E-state index contributed by atoms with van der Waals surface area (Å²) in [6, 6.07) is 0. The lowest BCUT2D eigenvalue weighted by molar-refractivity contribution is -0.326. The van der Waals surface area contributed by atoms with Crippen LogP contribution < -0.4 is 0 Å². The number of hydrogen-bond donors (Lipinski definition) is 0. The van der Waals surface area contributed by atoms with E-state index in [0.29, 0.717) is 51.4 Å². The fourth-order valence-electron chi connectivity index (χ4n) is 6.48. The van der Waals surface area contributed by atoms with Crippen molar-refractivity contribution in [3.8, 4) is 0 Å². The SMILES string of the molecule is CCCC(=O)OC[C@H]1O[C@@](COC(=O)CCC)(OC(=O)CCC)[C@@H](OC(=O)CCC)[C@@H]1OC1(COC(=O)CCC)OC(OC(=O)CCC)C(OC(=O)CCC)C1OC(=O)CCC. The van der Waals surface area contributed by atoms with E-state index in [4.69, 9.17) is 52.1 Å². The van der Waals surface area contributed by atoms with E-state index in [1.54, 1.807) is 55.4 Å². The van der Waals surface area contributed by atoms with Crippen molar-refractivity contribution in [2.75, 3.05) is 19.8 Å². The Morgan fingerprint density at radius 2 is 0.774 bits per heavy atom. The van der Waals surface area contributed by atoms with Crippen molar-refractivity contribution in [2.24, 2.45) is 0 Å². The molecule has 19 heteroatoms. The average molecular weight is 889 g/mol. The second-order valence-corrected chi connectivity index (χ2v) is 15.1. The van der Waals surface area contributed by atoms with E-state index in [9.17, 15) is 38.4 Å². The van der Waals surface area contributed by atoms with Crippen LogP contribution in [0.5, 0.6) is 0 Å². The minimum atomic E-state index is -2.58. The molecule has 2 heterocycles. The van der Waals surface area contributed by atoms with Crippen molar-refractivity contribution < 1.29 is 90.5 Å². The molecular weight excluding hydrogens is 820 g/mol. The largest absolute Gasteiger partial charge is 0.463 e. The Hall–Kier alpha value is -4.36. The molecular formula is C43H68O19. The standard InChI is InChI=1S/C43H68O19/c1-9-17-29(44)52-25-28-37(39(56-33(48)21-13-5)42(59-28,60-36(51)24-16-8)26-53-30(45)18-10-2)61-43(27-54-31(46)19-11-3)40(57-34(49)22-14-6)38(55-32(47)20-12-4)41(62-43)58-35(50)23-15-7/h28,37-41H,9-27H2,1-8H3/t28-,37-,38?,39+,40?,41?,42+,43?/m1/s1. The predicted octanol–water partition coefficient (Wildman–Crippen LogP) is 5.37. The number of hydrogen-bond acceptors (Lipinski definition) is 19. The van der Waals surface area contributed by atoms with E-state index in [2.05, 4.69) is 0 Å². The third kappa shape index (κ3) is 16.4. The van der Waals surface area contributed by atoms with Gasteiger partial charge in [0.1, 0.15) is 25.4 Å². The molecule has 2 aliphatic rings. The summed E-state index contributed by atoms with van der Waals surface area (Å²) >= 11 is 0. The van der Waals surface area contributed by atoms with Crippen molar-refractivity contribution >= 4 is 47.8 Å². The Bertz CT molecular complexity index is 1480. The normalized spacial score (nSPS) is 25.3. The van der Waals surface area contributed by atoms with Crippen LogP contribution in [0.2, 0.25) is 0 Å². The van der Waals surface area contributed by atoms with Gasteiger partial charge in [0.25, 0.3) is 5.79 Å². The summed E-state index contributed by atoms with van der Waals surface area (Å²) in [6.07, 6.45) is -8.70. The Morgan fingerprint density at radius 3 is 1.24 bits per heavy atom. The third-order valence-electron chi connectivity index (χ3n) is 9.33. The second kappa shape index (κ2) is 27.6. The smallest absolute Gasteiger partial charge is 0.308 e. The first kappa shape index (κ1) is 53.8. The molecule has 19 nitrogen and oxygen atoms in total. The maximum atomic E-state index is 13.5. The number of esters is 8. The van der Waals surface area contributed by atoms with Crippen LogP contribution in [0.15, 0.2) is 0 Å². The van der Waals surface area contributed by atoms with E-state index in [1.165, 1.54) is 0 Å². The molecule has 0 spiro atoms. The highest BCUT2D eigenvalue weighted by molar-refractivity contribution is 5.73. The van der Waals surface area contributed by atoms with Gasteiger partial charge in [-0.1, -0.05) is 55.4 Å². The number of ether oxygens (including phenoxy) is 11. The zero-order valence-electron chi connectivity index (χ0n) is 37.7. The lowest BCUT2D eigenvalue weighted by Crippen LogP contribution is -2.59. The molecule has 0 bridgehead atoms. The van der Waals surface area contributed by atoms with E-state index in [1.807, 2.05) is 0 Å². The molecule has 4 unspecified atom stereocenters. The van der Waals surface area contributed by atoms with Crippen LogP contribution in [0, 0.1) is 0 Å². The molecule has 0 saturated carbocycles. The van der Waals surface area contributed by atoms with Crippen LogP contribution in [-0.4, -0.2) is 116 Å². The molecule has 0 radical (unpaired) electrons. The van der Waals surface area contributed by atoms with Crippen molar-refractivity contribution in [2.45, 2.75) is 207 Å². The highest BCUT2D eigenvalue weighted by Gasteiger charge is 2.69. The maximum absolute atomic E-state index is 13.5. The second-order valence-electron chi connectivity index (χ2n) is 15.1. The van der Waals surface area contributed by atoms with Crippen LogP contribution in [-0.2, 0) is 90.5 Å². The first-order valence-corrected chi connectivity index (χ1v) is 22.1. The van der Waals surface area contributed by atoms with Crippen LogP contribution in [0.4, 0.5) is 0 Å². The summed E-state index contributed by atoms with van der Waals surface area (Å²) in [5.74, 6) is -11.3. The fourth-order valence-corrected chi connectivity index (χ4v) is 6.48. The van der Waals surface area contributed by atoms with Crippen LogP contribution >= 0.6 is 0 Å². The van der Waals surface area contributed by atoms with Crippen molar-refractivity contribution in [1.29, 1.82) is 0 Å². The van der Waals surface area contributed by atoms with Gasteiger partial charge in [-0.25, -0.2) is 0 Å². The van der Waals surface area contributed by atoms with Crippen molar-refractivity contribution in [3.05, 3.63) is 0 Å². The zero-order valence-corrected chi connectivity index (χ0v) is 37.7. The van der Waals surface area contributed by atoms with Crippen LogP contribution in [0.3, 0.4) is 0 Å². The quantitative estimate of drug-likeness (QED) is 0.0677. The topological polar surface area (TPSA) is 238 Å². The first-order valence-electron chi connectivity index (χ1n) is 22.1. The average Bonchev–Trinajstić information content (AvgIpc) is 3.62. The molecule has 0 N–H and O–H groups in total. The Labute approximate surface area is 364 Å². The van der Waals surface area contributed by atoms with Gasteiger partial charge in [-0.3, -0.25) is 43.1 Å². The summed E-state index contributed by atoms with van der Waals surface area (Å²) in [4.78, 5) is 106. The van der Waals surface area contributed by atoms with Gasteiger partial charge in [-0.2, -0.15) is 0 Å². The van der Waals surface area contributed by atoms with Crippen LogP contribution in [0.1, 0.15) is 158 Å². The summed E-state index contributed by atoms with van der Waals surface area (Å²) < 4.78 is 65.8. The van der Waals surface area contributed by atoms with Gasteiger partial charge in [0.2, 0.25) is 24.3 Å². The van der Waals surface area contributed by atoms with Crippen molar-refractivity contribution in [1.82, 2.24) is 0 Å². The Morgan fingerprint density at radius 1 is 0.403 bits per heavy atom. The Balaban J connectivity index is 3.06.